The fourth-order valence-corrected chi connectivity index (χ4v) is 2.07. The Labute approximate surface area is 106 Å². The molecule has 0 amide bonds. The van der Waals surface area contributed by atoms with Crippen LogP contribution in [0, 0.1) is 6.92 Å². The van der Waals surface area contributed by atoms with Gasteiger partial charge in [0.1, 0.15) is 5.82 Å². The number of hydrogen-bond acceptors (Lipinski definition) is 2. The molecule has 4 nitrogen and oxygen atoms in total. The Morgan fingerprint density at radius 2 is 2.17 bits per heavy atom. The Hall–Kier alpha value is -2.10. The predicted molar refractivity (Wildman–Crippen MR) is 68.8 cm³/mol. The molecule has 1 heterocycles. The second kappa shape index (κ2) is 5.04. The molecule has 0 aliphatic heterocycles. The number of benzene rings is 1. The molecule has 1 N–H and O–H groups in total. The van der Waals surface area contributed by atoms with Crippen LogP contribution in [0.25, 0.3) is 0 Å². The van der Waals surface area contributed by atoms with Gasteiger partial charge in [0.15, 0.2) is 0 Å². The zero-order valence-corrected chi connectivity index (χ0v) is 10.6. The van der Waals surface area contributed by atoms with E-state index in [4.69, 9.17) is 5.11 Å². The molecule has 0 radical (unpaired) electrons. The van der Waals surface area contributed by atoms with E-state index < -0.39 is 5.97 Å². The van der Waals surface area contributed by atoms with Gasteiger partial charge >= 0.3 is 5.97 Å². The van der Waals surface area contributed by atoms with Crippen LogP contribution in [0.3, 0.4) is 0 Å². The molecule has 2 rings (SSSR count). The van der Waals surface area contributed by atoms with Crippen LogP contribution in [0.4, 0.5) is 0 Å². The largest absolute Gasteiger partial charge is 0.478 e. The molecule has 0 saturated heterocycles. The van der Waals surface area contributed by atoms with Crippen LogP contribution in [-0.4, -0.2) is 20.6 Å². The minimum Gasteiger partial charge on any atom is -0.478 e. The summed E-state index contributed by atoms with van der Waals surface area (Å²) in [6.07, 6.45) is 4.36. The van der Waals surface area contributed by atoms with Gasteiger partial charge in [-0.05, 0) is 37.1 Å². The maximum absolute atomic E-state index is 11.0. The van der Waals surface area contributed by atoms with E-state index in [0.717, 1.165) is 23.5 Å². The van der Waals surface area contributed by atoms with Crippen molar-refractivity contribution in [3.05, 3.63) is 53.1 Å². The molecule has 0 atom stereocenters. The van der Waals surface area contributed by atoms with Crippen molar-refractivity contribution < 1.29 is 9.90 Å². The number of carboxylic acid groups (broad SMARTS) is 1. The van der Waals surface area contributed by atoms with E-state index in [1.54, 1.807) is 18.3 Å². The smallest absolute Gasteiger partial charge is 0.335 e. The number of aryl methyl sites for hydroxylation is 2. The number of carboxylic acids is 1. The first-order valence-electron chi connectivity index (χ1n) is 5.94. The highest BCUT2D eigenvalue weighted by atomic mass is 16.4. The first-order valence-corrected chi connectivity index (χ1v) is 5.94. The van der Waals surface area contributed by atoms with Gasteiger partial charge in [0.2, 0.25) is 0 Å². The Morgan fingerprint density at radius 3 is 2.83 bits per heavy atom. The van der Waals surface area contributed by atoms with Crippen LogP contribution in [0.15, 0.2) is 30.6 Å². The van der Waals surface area contributed by atoms with Crippen molar-refractivity contribution in [2.45, 2.75) is 26.8 Å². The number of aromatic carboxylic acids is 1. The first kappa shape index (κ1) is 12.4. The minimum atomic E-state index is -0.890. The molecule has 0 aliphatic carbocycles. The molecule has 1 aromatic carbocycles. The first-order chi connectivity index (χ1) is 8.60. The van der Waals surface area contributed by atoms with E-state index in [1.165, 1.54) is 0 Å². The predicted octanol–water partition coefficient (Wildman–Crippen LogP) is 2.50. The van der Waals surface area contributed by atoms with Crippen molar-refractivity contribution in [3.8, 4) is 0 Å². The maximum atomic E-state index is 11.0. The summed E-state index contributed by atoms with van der Waals surface area (Å²) < 4.78 is 2.06. The number of nitrogens with zero attached hydrogens (tertiary/aromatic N) is 2. The standard InChI is InChI=1S/C14H16N2O2/c1-3-16-5-4-15-13(16)9-11-6-10(2)7-12(8-11)14(17)18/h4-8H,3,9H2,1-2H3,(H,17,18). The molecule has 1 aromatic heterocycles. The number of aromatic nitrogens is 2. The van der Waals surface area contributed by atoms with Gasteiger partial charge in [-0.15, -0.1) is 0 Å². The lowest BCUT2D eigenvalue weighted by atomic mass is 10.0. The minimum absolute atomic E-state index is 0.333. The van der Waals surface area contributed by atoms with Crippen molar-refractivity contribution >= 4 is 5.97 Å². The summed E-state index contributed by atoms with van der Waals surface area (Å²) in [4.78, 5) is 15.3. The highest BCUT2D eigenvalue weighted by Gasteiger charge is 2.08. The molecule has 0 fully saturated rings. The Kier molecular flexibility index (Phi) is 3.46. The van der Waals surface area contributed by atoms with E-state index in [-0.39, 0.29) is 0 Å². The Bertz CT molecular complexity index is 573. The third kappa shape index (κ3) is 2.59. The Balaban J connectivity index is 2.32. The van der Waals surface area contributed by atoms with Crippen molar-refractivity contribution in [1.82, 2.24) is 9.55 Å². The summed E-state index contributed by atoms with van der Waals surface area (Å²) in [5.41, 5.74) is 2.27. The van der Waals surface area contributed by atoms with Crippen LogP contribution in [0.1, 0.15) is 34.2 Å². The van der Waals surface area contributed by atoms with Crippen molar-refractivity contribution in [2.75, 3.05) is 0 Å². The van der Waals surface area contributed by atoms with Crippen LogP contribution in [0.5, 0.6) is 0 Å². The fraction of sp³-hybridized carbons (Fsp3) is 0.286. The highest BCUT2D eigenvalue weighted by Crippen LogP contribution is 2.14. The average Bonchev–Trinajstić information content (AvgIpc) is 2.75. The maximum Gasteiger partial charge on any atom is 0.335 e. The lowest BCUT2D eigenvalue weighted by Gasteiger charge is -2.07. The van der Waals surface area contributed by atoms with E-state index >= 15 is 0 Å². The van der Waals surface area contributed by atoms with E-state index in [0.29, 0.717) is 12.0 Å². The lowest BCUT2D eigenvalue weighted by molar-refractivity contribution is 0.0696. The monoisotopic (exact) mass is 244 g/mol. The van der Waals surface area contributed by atoms with E-state index in [9.17, 15) is 4.79 Å². The van der Waals surface area contributed by atoms with Gasteiger partial charge in [0, 0.05) is 25.4 Å². The summed E-state index contributed by atoms with van der Waals surface area (Å²) in [5.74, 6) is 0.0678. The molecule has 0 unspecified atom stereocenters. The molecule has 0 bridgehead atoms. The van der Waals surface area contributed by atoms with Gasteiger partial charge < -0.3 is 9.67 Å². The lowest BCUT2D eigenvalue weighted by Crippen LogP contribution is -2.04. The molecule has 0 spiro atoms. The summed E-state index contributed by atoms with van der Waals surface area (Å²) >= 11 is 0. The van der Waals surface area contributed by atoms with E-state index in [2.05, 4.69) is 16.5 Å². The van der Waals surface area contributed by atoms with Crippen LogP contribution in [0.2, 0.25) is 0 Å². The SMILES string of the molecule is CCn1ccnc1Cc1cc(C)cc(C(=O)O)c1. The second-order valence-electron chi connectivity index (χ2n) is 4.32. The molecular weight excluding hydrogens is 228 g/mol. The van der Waals surface area contributed by atoms with Gasteiger partial charge in [0.25, 0.3) is 0 Å². The van der Waals surface area contributed by atoms with Crippen LogP contribution in [-0.2, 0) is 13.0 Å². The second-order valence-corrected chi connectivity index (χ2v) is 4.32. The molecule has 0 saturated carbocycles. The third-order valence-corrected chi connectivity index (χ3v) is 2.89. The Morgan fingerprint density at radius 1 is 1.39 bits per heavy atom. The number of imidazole rings is 1. The van der Waals surface area contributed by atoms with Gasteiger partial charge in [-0.2, -0.15) is 0 Å². The summed E-state index contributed by atoms with van der Waals surface area (Å²) in [7, 11) is 0. The van der Waals surface area contributed by atoms with Gasteiger partial charge in [-0.3, -0.25) is 0 Å². The summed E-state index contributed by atoms with van der Waals surface area (Å²) in [5, 5.41) is 9.04. The van der Waals surface area contributed by atoms with Crippen LogP contribution < -0.4 is 0 Å². The zero-order valence-electron chi connectivity index (χ0n) is 10.6. The third-order valence-electron chi connectivity index (χ3n) is 2.89. The fourth-order valence-electron chi connectivity index (χ4n) is 2.07. The normalized spacial score (nSPS) is 10.6. The topological polar surface area (TPSA) is 55.1 Å². The molecular formula is C14H16N2O2. The summed E-state index contributed by atoms with van der Waals surface area (Å²) in [6.45, 7) is 4.83. The number of carbonyl (C=O) groups is 1. The van der Waals surface area contributed by atoms with E-state index in [1.807, 2.05) is 19.2 Å². The number of rotatable bonds is 4. The van der Waals surface area contributed by atoms with Crippen molar-refractivity contribution in [1.29, 1.82) is 0 Å². The molecule has 94 valence electrons. The summed E-state index contributed by atoms with van der Waals surface area (Å²) in [6, 6.07) is 5.39. The van der Waals surface area contributed by atoms with Crippen molar-refractivity contribution in [2.24, 2.45) is 0 Å². The zero-order chi connectivity index (χ0) is 13.1. The average molecular weight is 244 g/mol. The van der Waals surface area contributed by atoms with Gasteiger partial charge in [-0.1, -0.05) is 6.07 Å². The molecule has 2 aromatic rings. The molecule has 0 aliphatic rings. The highest BCUT2D eigenvalue weighted by molar-refractivity contribution is 5.88. The van der Waals surface area contributed by atoms with Gasteiger partial charge in [0.05, 0.1) is 5.56 Å². The molecule has 4 heteroatoms. The van der Waals surface area contributed by atoms with Crippen LogP contribution >= 0.6 is 0 Å². The quantitative estimate of drug-likeness (QED) is 0.899. The van der Waals surface area contributed by atoms with Gasteiger partial charge in [-0.25, -0.2) is 9.78 Å². The molecule has 18 heavy (non-hydrogen) atoms. The van der Waals surface area contributed by atoms with Crippen molar-refractivity contribution in [3.63, 3.8) is 0 Å². The number of hydrogen-bond donors (Lipinski definition) is 1.